The zero-order valence-electron chi connectivity index (χ0n) is 19.2. The van der Waals surface area contributed by atoms with Gasteiger partial charge < -0.3 is 10.2 Å². The Kier molecular flexibility index (Phi) is 6.45. The van der Waals surface area contributed by atoms with Crippen molar-refractivity contribution in [3.05, 3.63) is 53.6 Å². The molecule has 2 aliphatic heterocycles. The number of carbonyl (C=O) groups is 2. The fourth-order valence-corrected chi connectivity index (χ4v) is 5.42. The molecule has 2 aromatic carbocycles. The molecule has 0 aliphatic carbocycles. The smallest absolute Gasteiger partial charge is 0.250 e. The third-order valence-electron chi connectivity index (χ3n) is 6.25. The van der Waals surface area contributed by atoms with E-state index in [2.05, 4.69) is 5.32 Å². The molecule has 176 valence electrons. The fraction of sp³-hybridized carbons (Fsp3) is 0.417. The summed E-state index contributed by atoms with van der Waals surface area (Å²) in [6.45, 7) is 2.92. The molecule has 8 nitrogen and oxygen atoms in total. The molecule has 0 aromatic heterocycles. The van der Waals surface area contributed by atoms with Gasteiger partial charge in [-0.05, 0) is 49.9 Å². The van der Waals surface area contributed by atoms with Crippen molar-refractivity contribution in [1.29, 1.82) is 0 Å². The summed E-state index contributed by atoms with van der Waals surface area (Å²) in [5.41, 5.74) is 3.34. The molecule has 1 fully saturated rings. The molecule has 9 heteroatoms. The second kappa shape index (κ2) is 9.15. The van der Waals surface area contributed by atoms with Crippen LogP contribution in [0.1, 0.15) is 30.4 Å². The van der Waals surface area contributed by atoms with Gasteiger partial charge in [-0.15, -0.1) is 0 Å². The van der Waals surface area contributed by atoms with Crippen LogP contribution < -0.4 is 15.1 Å². The van der Waals surface area contributed by atoms with Crippen LogP contribution in [0.15, 0.2) is 47.4 Å². The molecule has 0 radical (unpaired) electrons. The minimum atomic E-state index is -3.68. The first-order valence-electron chi connectivity index (χ1n) is 11.2. The van der Waals surface area contributed by atoms with Crippen LogP contribution in [-0.2, 0) is 26.2 Å². The van der Waals surface area contributed by atoms with Gasteiger partial charge in [-0.1, -0.05) is 29.8 Å². The number of rotatable bonds is 6. The van der Waals surface area contributed by atoms with Crippen molar-refractivity contribution in [1.82, 2.24) is 9.62 Å². The summed E-state index contributed by atoms with van der Waals surface area (Å²) in [7, 11) is -0.744. The van der Waals surface area contributed by atoms with Crippen LogP contribution in [0.5, 0.6) is 0 Å². The van der Waals surface area contributed by atoms with Crippen molar-refractivity contribution < 1.29 is 18.0 Å². The number of hydrogen-bond acceptors (Lipinski definition) is 5. The summed E-state index contributed by atoms with van der Waals surface area (Å²) in [4.78, 5) is 29.8. The second-order valence-electron chi connectivity index (χ2n) is 8.83. The molecule has 4 rings (SSSR count). The lowest BCUT2D eigenvalue weighted by molar-refractivity contribution is -0.125. The van der Waals surface area contributed by atoms with Crippen molar-refractivity contribution in [3.8, 4) is 0 Å². The lowest BCUT2D eigenvalue weighted by Gasteiger charge is -2.45. The Labute approximate surface area is 195 Å². The summed E-state index contributed by atoms with van der Waals surface area (Å²) in [6, 6.07) is 12.4. The summed E-state index contributed by atoms with van der Waals surface area (Å²) in [5, 5.41) is 2.89. The van der Waals surface area contributed by atoms with Crippen LogP contribution in [0.3, 0.4) is 0 Å². The third-order valence-corrected chi connectivity index (χ3v) is 8.06. The summed E-state index contributed by atoms with van der Waals surface area (Å²) >= 11 is 0. The fourth-order valence-electron chi connectivity index (χ4n) is 4.49. The average molecular weight is 471 g/mol. The Hall–Kier alpha value is -2.91. The number of nitrogens with zero attached hydrogens (tertiary/aromatic N) is 3. The SMILES string of the molecule is Cc1cccc(CNC(=O)CN2C(=O)C3CCCCN3c3ccc(S(=O)(=O)N(C)C)cc32)c1. The van der Waals surface area contributed by atoms with Crippen LogP contribution in [0.2, 0.25) is 0 Å². The Bertz CT molecular complexity index is 1180. The van der Waals surface area contributed by atoms with Crippen LogP contribution >= 0.6 is 0 Å². The van der Waals surface area contributed by atoms with E-state index < -0.39 is 10.0 Å². The van der Waals surface area contributed by atoms with E-state index in [0.29, 0.717) is 12.2 Å². The lowest BCUT2D eigenvalue weighted by Crippen LogP contribution is -2.57. The lowest BCUT2D eigenvalue weighted by atomic mass is 9.96. The normalized spacial score (nSPS) is 18.2. The first kappa shape index (κ1) is 23.3. The van der Waals surface area contributed by atoms with E-state index in [4.69, 9.17) is 0 Å². The molecule has 1 N–H and O–H groups in total. The number of piperidine rings is 1. The molecule has 1 unspecified atom stereocenters. The minimum absolute atomic E-state index is 0.0969. The molecular formula is C24H30N4O4S. The number of hydrogen-bond donors (Lipinski definition) is 1. The maximum absolute atomic E-state index is 13.4. The predicted molar refractivity (Wildman–Crippen MR) is 128 cm³/mol. The van der Waals surface area contributed by atoms with E-state index in [1.54, 1.807) is 12.1 Å². The molecule has 0 saturated carbocycles. The van der Waals surface area contributed by atoms with Crippen molar-refractivity contribution >= 4 is 33.2 Å². The van der Waals surface area contributed by atoms with Crippen LogP contribution in [0.4, 0.5) is 11.4 Å². The number of benzene rings is 2. The number of amides is 2. The number of aryl methyl sites for hydroxylation is 1. The first-order chi connectivity index (χ1) is 15.7. The van der Waals surface area contributed by atoms with Gasteiger partial charge in [0.2, 0.25) is 21.8 Å². The summed E-state index contributed by atoms with van der Waals surface area (Å²) in [6.07, 6.45) is 2.64. The monoisotopic (exact) mass is 470 g/mol. The van der Waals surface area contributed by atoms with Crippen molar-refractivity contribution in [2.45, 2.75) is 43.7 Å². The van der Waals surface area contributed by atoms with Gasteiger partial charge in [0.15, 0.2) is 0 Å². The Morgan fingerprint density at radius 2 is 1.91 bits per heavy atom. The van der Waals surface area contributed by atoms with Gasteiger partial charge in [0, 0.05) is 27.2 Å². The van der Waals surface area contributed by atoms with Crippen molar-refractivity contribution in [3.63, 3.8) is 0 Å². The largest absolute Gasteiger partial charge is 0.358 e. The molecular weight excluding hydrogens is 440 g/mol. The summed E-state index contributed by atoms with van der Waals surface area (Å²) in [5.74, 6) is -0.451. The number of sulfonamides is 1. The second-order valence-corrected chi connectivity index (χ2v) is 11.0. The van der Waals surface area contributed by atoms with Gasteiger partial charge in [-0.2, -0.15) is 0 Å². The van der Waals surface area contributed by atoms with E-state index in [0.717, 1.165) is 46.9 Å². The molecule has 0 spiro atoms. The van der Waals surface area contributed by atoms with Gasteiger partial charge >= 0.3 is 0 Å². The number of fused-ring (bicyclic) bond motifs is 3. The number of nitrogens with one attached hydrogen (secondary N) is 1. The Morgan fingerprint density at radius 3 is 2.64 bits per heavy atom. The van der Waals surface area contributed by atoms with Gasteiger partial charge in [-0.3, -0.25) is 14.5 Å². The molecule has 2 aromatic rings. The molecule has 1 atom stereocenters. The highest BCUT2D eigenvalue weighted by molar-refractivity contribution is 7.89. The third kappa shape index (κ3) is 4.60. The number of anilines is 2. The molecule has 1 saturated heterocycles. The van der Waals surface area contributed by atoms with Crippen LogP contribution in [0, 0.1) is 6.92 Å². The first-order valence-corrected chi connectivity index (χ1v) is 12.6. The Balaban J connectivity index is 1.63. The minimum Gasteiger partial charge on any atom is -0.358 e. The quantitative estimate of drug-likeness (QED) is 0.700. The van der Waals surface area contributed by atoms with E-state index in [1.165, 1.54) is 25.1 Å². The van der Waals surface area contributed by atoms with Crippen LogP contribution in [0.25, 0.3) is 0 Å². The highest BCUT2D eigenvalue weighted by Gasteiger charge is 2.40. The molecule has 2 heterocycles. The van der Waals surface area contributed by atoms with Gasteiger partial charge in [0.1, 0.15) is 12.6 Å². The molecule has 2 amide bonds. The van der Waals surface area contributed by atoms with Crippen molar-refractivity contribution in [2.75, 3.05) is 37.0 Å². The van der Waals surface area contributed by atoms with E-state index in [9.17, 15) is 18.0 Å². The van der Waals surface area contributed by atoms with E-state index in [-0.39, 0.29) is 29.3 Å². The molecule has 0 bridgehead atoms. The topological polar surface area (TPSA) is 90.0 Å². The van der Waals surface area contributed by atoms with E-state index >= 15 is 0 Å². The van der Waals surface area contributed by atoms with Gasteiger partial charge in [-0.25, -0.2) is 12.7 Å². The highest BCUT2D eigenvalue weighted by atomic mass is 32.2. The van der Waals surface area contributed by atoms with E-state index in [1.807, 2.05) is 36.1 Å². The molecule has 2 aliphatic rings. The summed E-state index contributed by atoms with van der Waals surface area (Å²) < 4.78 is 26.6. The maximum Gasteiger partial charge on any atom is 0.250 e. The molecule has 33 heavy (non-hydrogen) atoms. The maximum atomic E-state index is 13.4. The highest BCUT2D eigenvalue weighted by Crippen LogP contribution is 2.40. The number of carbonyl (C=O) groups excluding carboxylic acids is 2. The van der Waals surface area contributed by atoms with Gasteiger partial charge in [0.25, 0.3) is 0 Å². The average Bonchev–Trinajstić information content (AvgIpc) is 2.80. The van der Waals surface area contributed by atoms with Crippen LogP contribution in [-0.4, -0.2) is 57.8 Å². The standard InChI is InChI=1S/C24H30N4O4S/c1-17-7-6-8-18(13-17)15-25-23(29)16-28-22-14-19(33(31,32)26(2)3)10-11-20(22)27-12-5-4-9-21(27)24(28)30/h6-8,10-11,13-14,21H,4-5,9,12,15-16H2,1-3H3,(H,25,29). The zero-order valence-corrected chi connectivity index (χ0v) is 20.1. The Morgan fingerprint density at radius 1 is 1.12 bits per heavy atom. The zero-order chi connectivity index (χ0) is 23.8. The predicted octanol–water partition coefficient (Wildman–Crippen LogP) is 2.27. The van der Waals surface area contributed by atoms with Crippen molar-refractivity contribution in [2.24, 2.45) is 0 Å². The van der Waals surface area contributed by atoms with Gasteiger partial charge in [0.05, 0.1) is 16.3 Å².